The van der Waals surface area contributed by atoms with Gasteiger partial charge < -0.3 is 4.98 Å². The van der Waals surface area contributed by atoms with Crippen molar-refractivity contribution in [3.8, 4) is 0 Å². The van der Waals surface area contributed by atoms with Crippen molar-refractivity contribution in [2.24, 2.45) is 9.98 Å². The molecule has 4 nitrogen and oxygen atoms in total. The monoisotopic (exact) mass is 162 g/mol. The van der Waals surface area contributed by atoms with Gasteiger partial charge in [-0.25, -0.2) is 9.98 Å². The minimum Gasteiger partial charge on any atom is -0.340 e. The van der Waals surface area contributed by atoms with Gasteiger partial charge in [0.2, 0.25) is 0 Å². The van der Waals surface area contributed by atoms with Crippen LogP contribution in [-0.2, 0) is 0 Å². The van der Waals surface area contributed by atoms with Gasteiger partial charge >= 0.3 is 0 Å². The zero-order valence-corrected chi connectivity index (χ0v) is 7.07. The molecule has 0 spiro atoms. The van der Waals surface area contributed by atoms with Gasteiger partial charge in [-0.2, -0.15) is 0 Å². The second-order valence-corrected chi connectivity index (χ2v) is 2.86. The summed E-state index contributed by atoms with van der Waals surface area (Å²) in [7, 11) is 0. The van der Waals surface area contributed by atoms with Crippen molar-refractivity contribution in [1.29, 1.82) is 0 Å². The molecular weight excluding hydrogens is 152 g/mol. The lowest BCUT2D eigenvalue weighted by Gasteiger charge is -1.90. The molecule has 0 fully saturated rings. The molecule has 2 rings (SSSR count). The van der Waals surface area contributed by atoms with Crippen LogP contribution in [0, 0.1) is 6.92 Å². The summed E-state index contributed by atoms with van der Waals surface area (Å²) in [6.07, 6.45) is 3.58. The van der Waals surface area contributed by atoms with E-state index in [0.717, 1.165) is 17.3 Å². The zero-order valence-electron chi connectivity index (χ0n) is 7.07. The Morgan fingerprint density at radius 2 is 2.33 bits per heavy atom. The van der Waals surface area contributed by atoms with Crippen molar-refractivity contribution in [1.82, 2.24) is 9.97 Å². The van der Waals surface area contributed by atoms with Crippen LogP contribution in [0.3, 0.4) is 0 Å². The molecule has 1 N–H and O–H groups in total. The molecule has 1 aromatic rings. The van der Waals surface area contributed by atoms with Crippen LogP contribution in [0.25, 0.3) is 0 Å². The van der Waals surface area contributed by atoms with E-state index in [1.54, 1.807) is 12.4 Å². The summed E-state index contributed by atoms with van der Waals surface area (Å²) < 4.78 is 0. The lowest BCUT2D eigenvalue weighted by Crippen LogP contribution is -1.97. The SMILES string of the molecule is Cc1nc2c([nH]1)C=NC(C)C=N2. The topological polar surface area (TPSA) is 53.4 Å². The summed E-state index contributed by atoms with van der Waals surface area (Å²) >= 11 is 0. The first-order valence-electron chi connectivity index (χ1n) is 3.89. The summed E-state index contributed by atoms with van der Waals surface area (Å²) in [5, 5.41) is 0. The van der Waals surface area contributed by atoms with E-state index in [0.29, 0.717) is 0 Å². The lowest BCUT2D eigenvalue weighted by molar-refractivity contribution is 1.00. The van der Waals surface area contributed by atoms with E-state index in [9.17, 15) is 0 Å². The molecule has 4 heteroatoms. The van der Waals surface area contributed by atoms with Gasteiger partial charge in [0.15, 0.2) is 5.82 Å². The van der Waals surface area contributed by atoms with E-state index in [1.807, 2.05) is 13.8 Å². The Labute approximate surface area is 70.5 Å². The number of aliphatic imine (C=N–C) groups is 2. The van der Waals surface area contributed by atoms with E-state index in [4.69, 9.17) is 0 Å². The molecule has 0 aromatic carbocycles. The lowest BCUT2D eigenvalue weighted by atomic mass is 10.4. The molecule has 1 aliphatic heterocycles. The second kappa shape index (κ2) is 2.55. The normalized spacial score (nSPS) is 20.7. The third kappa shape index (κ3) is 1.15. The van der Waals surface area contributed by atoms with E-state index < -0.39 is 0 Å². The van der Waals surface area contributed by atoms with E-state index >= 15 is 0 Å². The van der Waals surface area contributed by atoms with Crippen LogP contribution in [0.5, 0.6) is 0 Å². The van der Waals surface area contributed by atoms with Gasteiger partial charge in [0.05, 0.1) is 6.04 Å². The van der Waals surface area contributed by atoms with Crippen LogP contribution < -0.4 is 0 Å². The van der Waals surface area contributed by atoms with Gasteiger partial charge in [-0.1, -0.05) is 0 Å². The van der Waals surface area contributed by atoms with Crippen molar-refractivity contribution < 1.29 is 0 Å². The molecule has 1 atom stereocenters. The predicted octanol–water partition coefficient (Wildman–Crippen LogP) is 1.24. The van der Waals surface area contributed by atoms with Gasteiger partial charge in [0, 0.05) is 12.4 Å². The number of fused-ring (bicyclic) bond motifs is 1. The number of nitrogens with zero attached hydrogens (tertiary/aromatic N) is 3. The quantitative estimate of drug-likeness (QED) is 0.613. The molecule has 0 saturated carbocycles. The maximum absolute atomic E-state index is 4.23. The molecule has 1 aromatic heterocycles. The number of hydrogen-bond acceptors (Lipinski definition) is 3. The first-order chi connectivity index (χ1) is 5.75. The number of H-pyrrole nitrogens is 1. The number of aromatic amines is 1. The zero-order chi connectivity index (χ0) is 8.55. The van der Waals surface area contributed by atoms with E-state index in [1.165, 1.54) is 0 Å². The fourth-order valence-electron chi connectivity index (χ4n) is 1.10. The highest BCUT2D eigenvalue weighted by atomic mass is 15.0. The van der Waals surface area contributed by atoms with Crippen molar-refractivity contribution >= 4 is 18.2 Å². The van der Waals surface area contributed by atoms with E-state index in [2.05, 4.69) is 20.0 Å². The highest BCUT2D eigenvalue weighted by molar-refractivity contribution is 5.88. The van der Waals surface area contributed by atoms with Crippen LogP contribution >= 0.6 is 0 Å². The molecule has 2 heterocycles. The average Bonchev–Trinajstić information content (AvgIpc) is 2.31. The molecule has 0 bridgehead atoms. The number of nitrogens with one attached hydrogen (secondary N) is 1. The third-order valence-electron chi connectivity index (χ3n) is 1.68. The predicted molar refractivity (Wildman–Crippen MR) is 48.5 cm³/mol. The Morgan fingerprint density at radius 1 is 1.50 bits per heavy atom. The van der Waals surface area contributed by atoms with Gasteiger partial charge in [0.25, 0.3) is 0 Å². The van der Waals surface area contributed by atoms with Crippen LogP contribution in [0.15, 0.2) is 9.98 Å². The summed E-state index contributed by atoms with van der Waals surface area (Å²) in [5.74, 6) is 1.61. The number of hydrogen-bond donors (Lipinski definition) is 1. The first-order valence-corrected chi connectivity index (χ1v) is 3.89. The minimum atomic E-state index is 0.146. The molecule has 1 aliphatic rings. The van der Waals surface area contributed by atoms with Gasteiger partial charge in [0.1, 0.15) is 11.5 Å². The number of aromatic nitrogens is 2. The van der Waals surface area contributed by atoms with Crippen LogP contribution in [0.4, 0.5) is 5.82 Å². The highest BCUT2D eigenvalue weighted by Gasteiger charge is 2.07. The average molecular weight is 162 g/mol. The van der Waals surface area contributed by atoms with Crippen molar-refractivity contribution in [3.63, 3.8) is 0 Å². The van der Waals surface area contributed by atoms with E-state index in [-0.39, 0.29) is 6.04 Å². The first kappa shape index (κ1) is 7.21. The number of imidazole rings is 1. The summed E-state index contributed by atoms with van der Waals surface area (Å²) in [6.45, 7) is 3.89. The Hall–Kier alpha value is -1.45. The molecule has 12 heavy (non-hydrogen) atoms. The Kier molecular flexibility index (Phi) is 1.53. The molecule has 0 amide bonds. The van der Waals surface area contributed by atoms with Crippen molar-refractivity contribution in [2.45, 2.75) is 19.9 Å². The van der Waals surface area contributed by atoms with Crippen LogP contribution in [0.1, 0.15) is 18.4 Å². The molecule has 0 saturated heterocycles. The fourth-order valence-corrected chi connectivity index (χ4v) is 1.10. The third-order valence-corrected chi connectivity index (χ3v) is 1.68. The van der Waals surface area contributed by atoms with Gasteiger partial charge in [-0.15, -0.1) is 0 Å². The summed E-state index contributed by atoms with van der Waals surface area (Å²) in [4.78, 5) is 15.7. The fraction of sp³-hybridized carbons (Fsp3) is 0.375. The smallest absolute Gasteiger partial charge is 0.179 e. The molecule has 0 aliphatic carbocycles. The maximum atomic E-state index is 4.23. The maximum Gasteiger partial charge on any atom is 0.179 e. The van der Waals surface area contributed by atoms with Gasteiger partial charge in [-0.3, -0.25) is 4.99 Å². The Balaban J connectivity index is 2.49. The number of aryl methyl sites for hydroxylation is 1. The highest BCUT2D eigenvalue weighted by Crippen LogP contribution is 2.15. The van der Waals surface area contributed by atoms with Gasteiger partial charge in [-0.05, 0) is 13.8 Å². The van der Waals surface area contributed by atoms with Crippen molar-refractivity contribution in [2.75, 3.05) is 0 Å². The Bertz CT molecular complexity index is 316. The molecule has 0 radical (unpaired) electrons. The summed E-state index contributed by atoms with van der Waals surface area (Å²) in [5.41, 5.74) is 0.896. The standard InChI is InChI=1S/C8H10N4/c1-5-3-10-8-7(4-9-5)11-6(2)12-8/h3-5H,1-2H3,(H,11,12). The molecule has 62 valence electrons. The van der Waals surface area contributed by atoms with Crippen LogP contribution in [-0.4, -0.2) is 28.4 Å². The van der Waals surface area contributed by atoms with Crippen molar-refractivity contribution in [3.05, 3.63) is 11.5 Å². The summed E-state index contributed by atoms with van der Waals surface area (Å²) in [6, 6.07) is 0.146. The minimum absolute atomic E-state index is 0.146. The largest absolute Gasteiger partial charge is 0.340 e. The molecule has 1 unspecified atom stereocenters. The second-order valence-electron chi connectivity index (χ2n) is 2.86. The van der Waals surface area contributed by atoms with Crippen LogP contribution in [0.2, 0.25) is 0 Å². The Morgan fingerprint density at radius 3 is 3.17 bits per heavy atom. The number of rotatable bonds is 0. The molecular formula is C8H10N4.